The average Bonchev–Trinajstić information content (AvgIpc) is 2.85. The van der Waals surface area contributed by atoms with Crippen LogP contribution in [0.1, 0.15) is 35.0 Å². The molecule has 1 aliphatic rings. The number of aliphatic carboxylic acids is 1. The van der Waals surface area contributed by atoms with Crippen molar-refractivity contribution in [2.24, 2.45) is 5.16 Å². The lowest BCUT2D eigenvalue weighted by atomic mass is 9.90. The second-order valence-corrected chi connectivity index (χ2v) is 8.07. The van der Waals surface area contributed by atoms with Crippen LogP contribution in [-0.4, -0.2) is 56.8 Å². The van der Waals surface area contributed by atoms with Gasteiger partial charge >= 0.3 is 5.97 Å². The van der Waals surface area contributed by atoms with Crippen LogP contribution in [0.25, 0.3) is 11.3 Å². The molecule has 0 radical (unpaired) electrons. The van der Waals surface area contributed by atoms with E-state index in [2.05, 4.69) is 25.4 Å². The quantitative estimate of drug-likeness (QED) is 0.339. The Morgan fingerprint density at radius 2 is 2.11 bits per heavy atom. The summed E-state index contributed by atoms with van der Waals surface area (Å²) in [5.74, 6) is -1.07. The number of carbonyl (C=O) groups is 1. The van der Waals surface area contributed by atoms with Gasteiger partial charge in [0.1, 0.15) is 5.82 Å². The fraction of sp³-hybridized carbons (Fsp3) is 0.292. The fourth-order valence-electron chi connectivity index (χ4n) is 4.04. The van der Waals surface area contributed by atoms with E-state index in [0.717, 1.165) is 0 Å². The first-order valence-electron chi connectivity index (χ1n) is 11.1. The van der Waals surface area contributed by atoms with Crippen LogP contribution < -0.4 is 15.8 Å². The number of nitrogens with one attached hydrogen (secondary N) is 1. The molecule has 4 rings (SSSR count). The largest absolute Gasteiger partial charge is 0.481 e. The van der Waals surface area contributed by atoms with Crippen molar-refractivity contribution in [3.05, 3.63) is 64.7 Å². The van der Waals surface area contributed by atoms with Crippen LogP contribution in [0, 0.1) is 12.7 Å². The van der Waals surface area contributed by atoms with Crippen molar-refractivity contribution in [1.29, 1.82) is 0 Å². The highest BCUT2D eigenvalue weighted by molar-refractivity contribution is 6.01. The Labute approximate surface area is 205 Å². The molecule has 0 amide bonds. The number of hydrogen-bond acceptors (Lipinski definition) is 9. The van der Waals surface area contributed by atoms with E-state index in [1.807, 2.05) is 0 Å². The minimum atomic E-state index is -1.36. The van der Waals surface area contributed by atoms with E-state index < -0.39 is 23.9 Å². The van der Waals surface area contributed by atoms with Gasteiger partial charge < -0.3 is 30.8 Å². The number of fused-ring (bicyclic) bond motifs is 1. The van der Waals surface area contributed by atoms with Crippen LogP contribution in [0.3, 0.4) is 0 Å². The first-order chi connectivity index (χ1) is 17.3. The van der Waals surface area contributed by atoms with Crippen molar-refractivity contribution in [3.63, 3.8) is 0 Å². The zero-order chi connectivity index (χ0) is 25.8. The number of pyridine rings is 1. The summed E-state index contributed by atoms with van der Waals surface area (Å²) in [5, 5.41) is 25.8. The summed E-state index contributed by atoms with van der Waals surface area (Å²) in [5.41, 5.74) is 9.22. The van der Waals surface area contributed by atoms with Crippen molar-refractivity contribution in [2.75, 3.05) is 19.5 Å². The number of benzene rings is 1. The highest BCUT2D eigenvalue weighted by Gasteiger charge is 2.31. The number of halogens is 1. The third-order valence-corrected chi connectivity index (χ3v) is 5.66. The molecule has 36 heavy (non-hydrogen) atoms. The number of carboxylic acids is 1. The van der Waals surface area contributed by atoms with Crippen LogP contribution in [-0.2, 0) is 16.1 Å². The summed E-state index contributed by atoms with van der Waals surface area (Å²) in [6.07, 6.45) is -1.15. The Morgan fingerprint density at radius 1 is 1.31 bits per heavy atom. The molecule has 188 valence electrons. The van der Waals surface area contributed by atoms with Gasteiger partial charge in [0.25, 0.3) is 0 Å². The molecule has 2 aromatic heterocycles. The number of nitrogens with two attached hydrogens (primary N) is 1. The Bertz CT molecular complexity index is 1320. The van der Waals surface area contributed by atoms with Gasteiger partial charge in [-0.2, -0.15) is 0 Å². The number of rotatable bonds is 8. The SMILES string of the molecule is COc1cccc(-c2cc(F)ccc2[C@H]2Cc3nc(N)nc(C)c3/C(=N/OC(CCO)C(=O)O)N2)n1. The molecule has 3 heterocycles. The minimum Gasteiger partial charge on any atom is -0.481 e. The molecule has 5 N–H and O–H groups in total. The fourth-order valence-corrected chi connectivity index (χ4v) is 4.04. The van der Waals surface area contributed by atoms with Gasteiger partial charge in [-0.3, -0.25) is 0 Å². The summed E-state index contributed by atoms with van der Waals surface area (Å²) in [4.78, 5) is 29.7. The summed E-state index contributed by atoms with van der Waals surface area (Å²) < 4.78 is 19.5. The van der Waals surface area contributed by atoms with Gasteiger partial charge in [0.05, 0.1) is 35.8 Å². The van der Waals surface area contributed by atoms with Gasteiger partial charge in [-0.15, -0.1) is 0 Å². The Hall–Kier alpha value is -4.32. The molecule has 2 atom stereocenters. The predicted octanol–water partition coefficient (Wildman–Crippen LogP) is 1.98. The third kappa shape index (κ3) is 5.18. The Morgan fingerprint density at radius 3 is 2.83 bits per heavy atom. The van der Waals surface area contributed by atoms with Crippen LogP contribution in [0.15, 0.2) is 41.6 Å². The van der Waals surface area contributed by atoms with Gasteiger partial charge in [-0.1, -0.05) is 17.3 Å². The van der Waals surface area contributed by atoms with E-state index in [1.54, 1.807) is 31.2 Å². The normalized spacial score (nSPS) is 16.7. The molecule has 11 nitrogen and oxygen atoms in total. The Kier molecular flexibility index (Phi) is 7.25. The smallest absolute Gasteiger partial charge is 0.347 e. The molecular formula is C24H25FN6O5. The third-order valence-electron chi connectivity index (χ3n) is 5.66. The van der Waals surface area contributed by atoms with Crippen molar-refractivity contribution in [1.82, 2.24) is 20.3 Å². The summed E-state index contributed by atoms with van der Waals surface area (Å²) >= 11 is 0. The van der Waals surface area contributed by atoms with Crippen LogP contribution in [0.4, 0.5) is 10.3 Å². The molecule has 0 aliphatic carbocycles. The maximum absolute atomic E-state index is 14.3. The second kappa shape index (κ2) is 10.5. The van der Waals surface area contributed by atoms with E-state index in [1.165, 1.54) is 19.2 Å². The van der Waals surface area contributed by atoms with E-state index in [4.69, 9.17) is 20.4 Å². The van der Waals surface area contributed by atoms with Crippen LogP contribution in [0.2, 0.25) is 0 Å². The van der Waals surface area contributed by atoms with Crippen LogP contribution >= 0.6 is 0 Å². The van der Waals surface area contributed by atoms with Gasteiger partial charge in [0.15, 0.2) is 5.84 Å². The number of methoxy groups -OCH3 is 1. The number of oxime groups is 1. The lowest BCUT2D eigenvalue weighted by molar-refractivity contribution is -0.151. The summed E-state index contributed by atoms with van der Waals surface area (Å²) in [6.45, 7) is 1.33. The lowest BCUT2D eigenvalue weighted by Crippen LogP contribution is -2.39. The topological polar surface area (TPSA) is 165 Å². The molecule has 0 fully saturated rings. The monoisotopic (exact) mass is 496 g/mol. The molecule has 0 saturated heterocycles. The van der Waals surface area contributed by atoms with Crippen molar-refractivity contribution < 1.29 is 29.0 Å². The number of ether oxygens (including phenoxy) is 1. The number of amidine groups is 1. The summed E-state index contributed by atoms with van der Waals surface area (Å²) in [7, 11) is 1.49. The standard InChI is InChI=1S/C24H25FN6O5/c1-12-21-18(30-24(26)27-12)11-17(29-22(21)31-36-19(8-9-32)23(33)34)14-7-6-13(25)10-15(14)16-4-3-5-20(28-16)35-2/h3-7,10,17,19,32H,8-9,11H2,1-2H3,(H,29,31)(H,33,34)(H2,26,27,30)/t17-,19?/m1/s1. The van der Waals surface area contributed by atoms with E-state index in [9.17, 15) is 14.3 Å². The zero-order valence-corrected chi connectivity index (χ0v) is 19.6. The highest BCUT2D eigenvalue weighted by Crippen LogP contribution is 2.34. The number of hydrogen-bond donors (Lipinski definition) is 4. The number of aliphatic hydroxyl groups is 1. The van der Waals surface area contributed by atoms with Gasteiger partial charge in [0.2, 0.25) is 17.9 Å². The molecule has 0 saturated carbocycles. The molecule has 0 spiro atoms. The number of carboxylic acid groups (broad SMARTS) is 1. The number of aryl methyl sites for hydroxylation is 1. The van der Waals surface area contributed by atoms with Crippen molar-refractivity contribution in [3.8, 4) is 17.1 Å². The maximum atomic E-state index is 14.3. The van der Waals surface area contributed by atoms with Crippen molar-refractivity contribution in [2.45, 2.75) is 31.9 Å². The van der Waals surface area contributed by atoms with Crippen LogP contribution in [0.5, 0.6) is 5.88 Å². The molecule has 1 aromatic carbocycles. The predicted molar refractivity (Wildman–Crippen MR) is 128 cm³/mol. The number of nitrogen functional groups attached to an aromatic ring is 1. The number of aromatic nitrogens is 3. The number of anilines is 1. The molecule has 1 aliphatic heterocycles. The molecule has 1 unspecified atom stereocenters. The minimum absolute atomic E-state index is 0.0738. The van der Waals surface area contributed by atoms with E-state index in [0.29, 0.717) is 46.1 Å². The first kappa shape index (κ1) is 24.8. The summed E-state index contributed by atoms with van der Waals surface area (Å²) in [6, 6.07) is 9.06. The lowest BCUT2D eigenvalue weighted by Gasteiger charge is -2.29. The average molecular weight is 496 g/mol. The van der Waals surface area contributed by atoms with E-state index >= 15 is 0 Å². The van der Waals surface area contributed by atoms with Gasteiger partial charge in [-0.05, 0) is 30.7 Å². The number of aliphatic hydroxyl groups excluding tert-OH is 1. The molecule has 12 heteroatoms. The number of nitrogens with zero attached hydrogens (tertiary/aromatic N) is 4. The van der Waals surface area contributed by atoms with E-state index in [-0.39, 0.29) is 24.8 Å². The second-order valence-electron chi connectivity index (χ2n) is 8.07. The zero-order valence-electron chi connectivity index (χ0n) is 19.6. The molecule has 0 bridgehead atoms. The van der Waals surface area contributed by atoms with Gasteiger partial charge in [0, 0.05) is 31.1 Å². The first-order valence-corrected chi connectivity index (χ1v) is 11.1. The Balaban J connectivity index is 1.80. The highest BCUT2D eigenvalue weighted by atomic mass is 19.1. The molecule has 3 aromatic rings. The maximum Gasteiger partial charge on any atom is 0.347 e. The van der Waals surface area contributed by atoms with Crippen molar-refractivity contribution >= 4 is 17.8 Å². The molecular weight excluding hydrogens is 471 g/mol. The van der Waals surface area contributed by atoms with Gasteiger partial charge in [-0.25, -0.2) is 24.1 Å².